The molecule has 0 unspecified atom stereocenters. The predicted octanol–water partition coefficient (Wildman–Crippen LogP) is 2.96. The minimum absolute atomic E-state index is 0.0418. The molecule has 3 saturated heterocycles. The average molecular weight is 417 g/mol. The van der Waals surface area contributed by atoms with Crippen molar-refractivity contribution in [3.05, 3.63) is 33.9 Å². The molecule has 4 rings (SSSR count). The van der Waals surface area contributed by atoms with Crippen LogP contribution in [0.5, 0.6) is 0 Å². The summed E-state index contributed by atoms with van der Waals surface area (Å²) in [4.78, 5) is 28.8. The lowest BCUT2D eigenvalue weighted by molar-refractivity contribution is -0.384. The lowest BCUT2D eigenvalue weighted by atomic mass is 9.86. The van der Waals surface area contributed by atoms with E-state index in [1.807, 2.05) is 0 Å². The van der Waals surface area contributed by atoms with E-state index in [4.69, 9.17) is 4.74 Å². The summed E-state index contributed by atoms with van der Waals surface area (Å²) in [6.07, 6.45) is 7.62. The summed E-state index contributed by atoms with van der Waals surface area (Å²) in [7, 11) is 0. The number of rotatable bonds is 6. The SMILES string of the molecule is O=C(NCC1(N2CCCCC2)CCOCC1)c1cc([N+](=O)[O-])ccc1N1CCCC1. The molecule has 8 nitrogen and oxygen atoms in total. The second-order valence-electron chi connectivity index (χ2n) is 8.72. The number of carbonyl (C=O) groups is 1. The van der Waals surface area contributed by atoms with Crippen LogP contribution in [0.15, 0.2) is 18.2 Å². The Bertz CT molecular complexity index is 766. The number of carbonyl (C=O) groups excluding carboxylic acids is 1. The van der Waals surface area contributed by atoms with E-state index in [0.717, 1.165) is 57.5 Å². The van der Waals surface area contributed by atoms with Crippen molar-refractivity contribution in [3.63, 3.8) is 0 Å². The van der Waals surface area contributed by atoms with E-state index in [-0.39, 0.29) is 17.1 Å². The lowest BCUT2D eigenvalue weighted by Gasteiger charge is -2.48. The van der Waals surface area contributed by atoms with Crippen molar-refractivity contribution in [2.75, 3.05) is 50.8 Å². The zero-order valence-electron chi connectivity index (χ0n) is 17.6. The van der Waals surface area contributed by atoms with Crippen molar-refractivity contribution >= 4 is 17.3 Å². The highest BCUT2D eigenvalue weighted by Gasteiger charge is 2.39. The van der Waals surface area contributed by atoms with Crippen LogP contribution in [0, 0.1) is 10.1 Å². The van der Waals surface area contributed by atoms with Crippen LogP contribution >= 0.6 is 0 Å². The summed E-state index contributed by atoms with van der Waals surface area (Å²) < 4.78 is 5.61. The van der Waals surface area contributed by atoms with Gasteiger partial charge in [-0.3, -0.25) is 19.8 Å². The van der Waals surface area contributed by atoms with Gasteiger partial charge in [-0.1, -0.05) is 6.42 Å². The van der Waals surface area contributed by atoms with Gasteiger partial charge in [0, 0.05) is 50.5 Å². The Hall–Kier alpha value is -2.19. The first-order valence-electron chi connectivity index (χ1n) is 11.2. The Morgan fingerprint density at radius 2 is 1.73 bits per heavy atom. The van der Waals surface area contributed by atoms with Gasteiger partial charge in [-0.15, -0.1) is 0 Å². The maximum Gasteiger partial charge on any atom is 0.270 e. The number of hydrogen-bond donors (Lipinski definition) is 1. The second-order valence-corrected chi connectivity index (χ2v) is 8.72. The zero-order chi connectivity index (χ0) is 21.0. The highest BCUT2D eigenvalue weighted by Crippen LogP contribution is 2.32. The van der Waals surface area contributed by atoms with Gasteiger partial charge in [0.05, 0.1) is 16.2 Å². The predicted molar refractivity (Wildman–Crippen MR) is 115 cm³/mol. The van der Waals surface area contributed by atoms with Gasteiger partial charge in [0.1, 0.15) is 0 Å². The minimum atomic E-state index is -0.432. The van der Waals surface area contributed by atoms with Crippen molar-refractivity contribution in [2.24, 2.45) is 0 Å². The third-order valence-electron chi connectivity index (χ3n) is 6.91. The molecule has 0 aromatic heterocycles. The molecule has 1 aromatic carbocycles. The fourth-order valence-electron chi connectivity index (χ4n) is 5.12. The number of hydrogen-bond acceptors (Lipinski definition) is 6. The number of amides is 1. The summed E-state index contributed by atoms with van der Waals surface area (Å²) in [5.41, 5.74) is 1.09. The lowest BCUT2D eigenvalue weighted by Crippen LogP contribution is -2.59. The summed E-state index contributed by atoms with van der Waals surface area (Å²) in [5, 5.41) is 14.5. The van der Waals surface area contributed by atoms with Gasteiger partial charge in [0.15, 0.2) is 0 Å². The van der Waals surface area contributed by atoms with Gasteiger partial charge >= 0.3 is 0 Å². The molecule has 0 spiro atoms. The average Bonchev–Trinajstić information content (AvgIpc) is 3.33. The number of nitrogens with one attached hydrogen (secondary N) is 1. The molecule has 0 aliphatic carbocycles. The van der Waals surface area contributed by atoms with Crippen LogP contribution in [0.25, 0.3) is 0 Å². The highest BCUT2D eigenvalue weighted by atomic mass is 16.6. The molecular formula is C22H32N4O4. The number of piperidine rings is 1. The normalized spacial score (nSPS) is 22.1. The number of nitro groups is 1. The number of benzene rings is 1. The van der Waals surface area contributed by atoms with Crippen LogP contribution in [0.2, 0.25) is 0 Å². The topological polar surface area (TPSA) is 88.0 Å². The fraction of sp³-hybridized carbons (Fsp3) is 0.682. The molecule has 1 aromatic rings. The zero-order valence-corrected chi connectivity index (χ0v) is 17.6. The molecule has 1 N–H and O–H groups in total. The van der Waals surface area contributed by atoms with Gasteiger partial charge in [-0.05, 0) is 57.7 Å². The van der Waals surface area contributed by atoms with E-state index < -0.39 is 4.92 Å². The van der Waals surface area contributed by atoms with Crippen molar-refractivity contribution in [3.8, 4) is 0 Å². The largest absolute Gasteiger partial charge is 0.381 e. The number of nitro benzene ring substituents is 1. The van der Waals surface area contributed by atoms with Crippen LogP contribution in [-0.2, 0) is 4.74 Å². The molecule has 30 heavy (non-hydrogen) atoms. The minimum Gasteiger partial charge on any atom is -0.381 e. The van der Waals surface area contributed by atoms with Crippen molar-refractivity contribution in [2.45, 2.75) is 50.5 Å². The van der Waals surface area contributed by atoms with Gasteiger partial charge in [0.2, 0.25) is 0 Å². The molecule has 8 heteroatoms. The van der Waals surface area contributed by atoms with Gasteiger partial charge in [0.25, 0.3) is 11.6 Å². The van der Waals surface area contributed by atoms with Crippen LogP contribution in [0.4, 0.5) is 11.4 Å². The number of non-ortho nitro benzene ring substituents is 1. The van der Waals surface area contributed by atoms with Gasteiger partial charge in [-0.2, -0.15) is 0 Å². The van der Waals surface area contributed by atoms with E-state index in [9.17, 15) is 14.9 Å². The Kier molecular flexibility index (Phi) is 6.53. The first-order valence-corrected chi connectivity index (χ1v) is 11.2. The van der Waals surface area contributed by atoms with Crippen molar-refractivity contribution in [1.82, 2.24) is 10.2 Å². The molecule has 3 aliphatic heterocycles. The number of ether oxygens (including phenoxy) is 1. The van der Waals surface area contributed by atoms with Gasteiger partial charge < -0.3 is 15.0 Å². The molecule has 0 atom stereocenters. The van der Waals surface area contributed by atoms with E-state index in [0.29, 0.717) is 25.3 Å². The second kappa shape index (κ2) is 9.31. The maximum atomic E-state index is 13.3. The van der Waals surface area contributed by atoms with Crippen LogP contribution in [-0.4, -0.2) is 67.2 Å². The van der Waals surface area contributed by atoms with Gasteiger partial charge in [-0.25, -0.2) is 0 Å². The quantitative estimate of drug-likeness (QED) is 0.567. The third kappa shape index (κ3) is 4.44. The van der Waals surface area contributed by atoms with E-state index >= 15 is 0 Å². The molecule has 3 heterocycles. The van der Waals surface area contributed by atoms with Crippen LogP contribution in [0.3, 0.4) is 0 Å². The Balaban J connectivity index is 1.54. The molecule has 3 fully saturated rings. The molecule has 0 bridgehead atoms. The summed E-state index contributed by atoms with van der Waals surface area (Å²) in [5.74, 6) is -0.219. The fourth-order valence-corrected chi connectivity index (χ4v) is 5.12. The monoisotopic (exact) mass is 416 g/mol. The first-order chi connectivity index (χ1) is 14.6. The molecular weight excluding hydrogens is 384 g/mol. The smallest absolute Gasteiger partial charge is 0.270 e. The van der Waals surface area contributed by atoms with Crippen LogP contribution in [0.1, 0.15) is 55.3 Å². The molecule has 3 aliphatic rings. The van der Waals surface area contributed by atoms with Crippen molar-refractivity contribution < 1.29 is 14.5 Å². The summed E-state index contributed by atoms with van der Waals surface area (Å²) >= 11 is 0. The van der Waals surface area contributed by atoms with Crippen LogP contribution < -0.4 is 10.2 Å². The number of nitrogens with zero attached hydrogens (tertiary/aromatic N) is 3. The first kappa shape index (κ1) is 21.1. The Labute approximate surface area is 177 Å². The summed E-state index contributed by atoms with van der Waals surface area (Å²) in [6.45, 7) is 5.86. The Morgan fingerprint density at radius 3 is 2.40 bits per heavy atom. The molecule has 164 valence electrons. The van der Waals surface area contributed by atoms with E-state index in [1.54, 1.807) is 6.07 Å². The summed E-state index contributed by atoms with van der Waals surface area (Å²) in [6, 6.07) is 4.66. The maximum absolute atomic E-state index is 13.3. The number of likely N-dealkylation sites (tertiary alicyclic amines) is 1. The highest BCUT2D eigenvalue weighted by molar-refractivity contribution is 6.00. The standard InChI is InChI=1S/C22H32N4O4/c27-21(19-16-18(26(28)29)6-7-20(19)24-10-4-5-11-24)23-17-22(8-14-30-15-9-22)25-12-2-1-3-13-25/h6-7,16H,1-5,8-15,17H2,(H,23,27). The molecule has 1 amide bonds. The molecule has 0 saturated carbocycles. The third-order valence-corrected chi connectivity index (χ3v) is 6.91. The number of anilines is 1. The van der Waals surface area contributed by atoms with Crippen molar-refractivity contribution in [1.29, 1.82) is 0 Å². The van der Waals surface area contributed by atoms with E-state index in [1.165, 1.54) is 31.4 Å². The molecule has 0 radical (unpaired) electrons. The Morgan fingerprint density at radius 1 is 1.07 bits per heavy atom. The van der Waals surface area contributed by atoms with E-state index in [2.05, 4.69) is 15.1 Å².